The van der Waals surface area contributed by atoms with E-state index >= 15 is 0 Å². The van der Waals surface area contributed by atoms with Crippen molar-refractivity contribution >= 4 is 38.3 Å². The quantitative estimate of drug-likeness (QED) is 0.178. The molecule has 2 N–H and O–H groups in total. The lowest BCUT2D eigenvalue weighted by Crippen LogP contribution is -2.49. The summed E-state index contributed by atoms with van der Waals surface area (Å²) in [6.45, 7) is 3.02. The summed E-state index contributed by atoms with van der Waals surface area (Å²) in [5.74, 6) is -0.442. The van der Waals surface area contributed by atoms with E-state index in [9.17, 15) is 36.6 Å². The molecule has 1 amide bonds. The summed E-state index contributed by atoms with van der Waals surface area (Å²) in [4.78, 5) is 16.7. The van der Waals surface area contributed by atoms with E-state index < -0.39 is 28.1 Å². The van der Waals surface area contributed by atoms with Gasteiger partial charge in [0.15, 0.2) is 5.76 Å². The summed E-state index contributed by atoms with van der Waals surface area (Å²) in [6.07, 6.45) is -5.94. The molecular formula is C36H34F3N3O6S. The number of carbonyl (C=O) groups excluding carboxylic acids is 1. The molecule has 9 nitrogen and oxygen atoms in total. The van der Waals surface area contributed by atoms with Gasteiger partial charge in [0.25, 0.3) is 15.9 Å². The second-order valence-electron chi connectivity index (χ2n) is 11.8. The predicted octanol–water partition coefficient (Wildman–Crippen LogP) is 6.14. The van der Waals surface area contributed by atoms with Gasteiger partial charge in [-0.1, -0.05) is 42.5 Å². The summed E-state index contributed by atoms with van der Waals surface area (Å²) >= 11 is 0. The van der Waals surface area contributed by atoms with Crippen molar-refractivity contribution in [3.63, 3.8) is 0 Å². The number of aliphatic hydroxyl groups is 2. The smallest absolute Gasteiger partial charge is 0.416 e. The number of amides is 1. The minimum absolute atomic E-state index is 0.00213. The lowest BCUT2D eigenvalue weighted by molar-refractivity contribution is -0.137. The number of anilines is 2. The summed E-state index contributed by atoms with van der Waals surface area (Å²) in [7, 11) is -4.18. The monoisotopic (exact) mass is 693 g/mol. The highest BCUT2D eigenvalue weighted by Crippen LogP contribution is 2.37. The number of alkyl halides is 3. The Balaban J connectivity index is 1.29. The summed E-state index contributed by atoms with van der Waals surface area (Å²) in [5.41, 5.74) is 2.10. The molecule has 0 bridgehead atoms. The van der Waals surface area contributed by atoms with Gasteiger partial charge in [0.05, 0.1) is 21.8 Å². The molecule has 0 unspecified atom stereocenters. The minimum atomic E-state index is -4.50. The van der Waals surface area contributed by atoms with E-state index in [0.717, 1.165) is 17.7 Å². The van der Waals surface area contributed by atoms with Gasteiger partial charge in [0.2, 0.25) is 6.29 Å². The molecule has 1 aliphatic rings. The molecule has 2 heterocycles. The van der Waals surface area contributed by atoms with Gasteiger partial charge >= 0.3 is 6.18 Å². The van der Waals surface area contributed by atoms with Crippen LogP contribution in [0.1, 0.15) is 39.1 Å². The number of carbonyl (C=O) groups is 1. The number of nitrogens with zero attached hydrogens (tertiary/aromatic N) is 3. The number of aliphatic hydroxyl groups excluding tert-OH is 1. The Labute approximate surface area is 281 Å². The first-order chi connectivity index (χ1) is 23.3. The van der Waals surface area contributed by atoms with Crippen LogP contribution in [0.25, 0.3) is 11.0 Å². The predicted molar refractivity (Wildman–Crippen MR) is 179 cm³/mol. The lowest BCUT2D eigenvalue weighted by atomic mass is 10.1. The Morgan fingerprint density at radius 1 is 0.898 bits per heavy atom. The molecule has 1 aromatic heterocycles. The Bertz CT molecular complexity index is 2060. The number of para-hydroxylation sites is 2. The van der Waals surface area contributed by atoms with Gasteiger partial charge in [-0.3, -0.25) is 9.10 Å². The molecule has 0 atom stereocenters. The average molecular weight is 694 g/mol. The Morgan fingerprint density at radius 2 is 1.55 bits per heavy atom. The molecule has 1 saturated heterocycles. The van der Waals surface area contributed by atoms with Crippen molar-refractivity contribution in [1.29, 1.82) is 0 Å². The van der Waals surface area contributed by atoms with Gasteiger partial charge in [-0.15, -0.1) is 0 Å². The van der Waals surface area contributed by atoms with Gasteiger partial charge < -0.3 is 24.4 Å². The van der Waals surface area contributed by atoms with E-state index in [1.807, 2.05) is 47.4 Å². The number of hydrogen-bond donors (Lipinski definition) is 2. The third kappa shape index (κ3) is 7.00. The third-order valence-corrected chi connectivity index (χ3v) is 10.5. The molecule has 4 aromatic carbocycles. The first kappa shape index (κ1) is 34.0. The number of rotatable bonds is 9. The van der Waals surface area contributed by atoms with Crippen molar-refractivity contribution < 1.29 is 41.0 Å². The van der Waals surface area contributed by atoms with E-state index in [2.05, 4.69) is 0 Å². The number of hydrogen-bond acceptors (Lipinski definition) is 7. The molecule has 0 aliphatic carbocycles. The zero-order valence-electron chi connectivity index (χ0n) is 26.5. The summed E-state index contributed by atoms with van der Waals surface area (Å²) < 4.78 is 75.0. The maximum absolute atomic E-state index is 14.5. The minimum Gasteiger partial charge on any atom is -0.455 e. The highest BCUT2D eigenvalue weighted by Gasteiger charge is 2.32. The average Bonchev–Trinajstić information content (AvgIpc) is 3.44. The molecule has 49 heavy (non-hydrogen) atoms. The SMILES string of the molecule is Cc1c(C(O)O)oc2ccc(S(=O)(=O)N(CCc3ccccc3)c3ccccc3N3CCN(C(=O)c4ccc(C(F)(F)F)cc4)CC3)cc12. The second kappa shape index (κ2) is 13.6. The van der Waals surface area contributed by atoms with E-state index in [-0.39, 0.29) is 41.8 Å². The van der Waals surface area contributed by atoms with Crippen LogP contribution >= 0.6 is 0 Å². The van der Waals surface area contributed by atoms with Crippen molar-refractivity contribution in [3.8, 4) is 0 Å². The second-order valence-corrected chi connectivity index (χ2v) is 13.6. The standard InChI is InChI=1S/C36H34F3N3O6S/c1-24-29-23-28(15-16-32(29)48-33(24)35(44)45)49(46,47)42(18-17-25-7-3-2-4-8-25)31-10-6-5-9-30(31)40-19-21-41(22-20-40)34(43)26-11-13-27(14-12-26)36(37,38)39/h2-16,23,35,44-45H,17-22H2,1H3. The fourth-order valence-electron chi connectivity index (χ4n) is 6.08. The zero-order valence-corrected chi connectivity index (χ0v) is 27.3. The number of fused-ring (bicyclic) bond motifs is 1. The number of sulfonamides is 1. The molecule has 6 rings (SSSR count). The van der Waals surface area contributed by atoms with E-state index in [4.69, 9.17) is 4.42 Å². The highest BCUT2D eigenvalue weighted by atomic mass is 32.2. The maximum Gasteiger partial charge on any atom is 0.416 e. The molecular weight excluding hydrogens is 659 g/mol. The number of halogens is 3. The Kier molecular flexibility index (Phi) is 9.43. The maximum atomic E-state index is 14.5. The van der Waals surface area contributed by atoms with Crippen LogP contribution in [0.15, 0.2) is 106 Å². The lowest BCUT2D eigenvalue weighted by Gasteiger charge is -2.38. The van der Waals surface area contributed by atoms with Crippen molar-refractivity contribution in [1.82, 2.24) is 4.90 Å². The fraction of sp³-hybridized carbons (Fsp3) is 0.250. The molecule has 1 fully saturated rings. The number of benzene rings is 4. The van der Waals surface area contributed by atoms with Gasteiger partial charge in [-0.25, -0.2) is 8.42 Å². The topological polar surface area (TPSA) is 115 Å². The van der Waals surface area contributed by atoms with Crippen LogP contribution in [0.4, 0.5) is 24.5 Å². The molecule has 0 spiro atoms. The van der Waals surface area contributed by atoms with Gasteiger partial charge in [0.1, 0.15) is 5.58 Å². The van der Waals surface area contributed by atoms with Crippen LogP contribution in [-0.4, -0.2) is 62.2 Å². The molecule has 13 heteroatoms. The first-order valence-corrected chi connectivity index (χ1v) is 17.0. The van der Waals surface area contributed by atoms with Crippen LogP contribution < -0.4 is 9.21 Å². The van der Waals surface area contributed by atoms with E-state index in [1.54, 1.807) is 24.0 Å². The summed E-state index contributed by atoms with van der Waals surface area (Å²) in [5, 5.41) is 19.9. The van der Waals surface area contributed by atoms with Gasteiger partial charge in [0, 0.05) is 49.2 Å². The van der Waals surface area contributed by atoms with Crippen molar-refractivity contribution in [2.45, 2.75) is 30.7 Å². The molecule has 1 aliphatic heterocycles. The largest absolute Gasteiger partial charge is 0.455 e. The molecule has 0 radical (unpaired) electrons. The fourth-order valence-corrected chi connectivity index (χ4v) is 7.58. The molecule has 256 valence electrons. The highest BCUT2D eigenvalue weighted by molar-refractivity contribution is 7.92. The van der Waals surface area contributed by atoms with E-state index in [0.29, 0.717) is 47.4 Å². The molecule has 5 aromatic rings. The zero-order chi connectivity index (χ0) is 34.9. The van der Waals surface area contributed by atoms with Crippen LogP contribution in [-0.2, 0) is 22.6 Å². The van der Waals surface area contributed by atoms with E-state index in [1.165, 1.54) is 34.6 Å². The van der Waals surface area contributed by atoms with Gasteiger partial charge in [-0.2, -0.15) is 13.2 Å². The first-order valence-electron chi connectivity index (χ1n) is 15.6. The van der Waals surface area contributed by atoms with Crippen molar-refractivity contribution in [2.75, 3.05) is 41.9 Å². The van der Waals surface area contributed by atoms with Gasteiger partial charge in [-0.05, 0) is 73.5 Å². The van der Waals surface area contributed by atoms with Crippen LogP contribution in [0.5, 0.6) is 0 Å². The third-order valence-electron chi connectivity index (χ3n) is 8.73. The van der Waals surface area contributed by atoms with Crippen LogP contribution in [0.2, 0.25) is 0 Å². The normalized spacial score (nSPS) is 14.1. The van der Waals surface area contributed by atoms with Crippen LogP contribution in [0, 0.1) is 6.92 Å². The Hall–Kier alpha value is -4.85. The van der Waals surface area contributed by atoms with Crippen molar-refractivity contribution in [2.24, 2.45) is 0 Å². The number of aryl methyl sites for hydroxylation is 1. The van der Waals surface area contributed by atoms with Crippen molar-refractivity contribution in [3.05, 3.63) is 125 Å². The molecule has 0 saturated carbocycles. The number of furan rings is 1. The number of piperazine rings is 1. The Morgan fingerprint density at radius 3 is 2.20 bits per heavy atom. The summed E-state index contributed by atoms with van der Waals surface area (Å²) in [6, 6.07) is 25.2. The van der Waals surface area contributed by atoms with Crippen LogP contribution in [0.3, 0.4) is 0 Å².